The first-order valence-corrected chi connectivity index (χ1v) is 2.02. The molecule has 0 saturated heterocycles. The Morgan fingerprint density at radius 1 is 1.75 bits per heavy atom. The van der Waals surface area contributed by atoms with Crippen LogP contribution in [0.1, 0.15) is 0 Å². The molecule has 0 bridgehead atoms. The van der Waals surface area contributed by atoms with Crippen molar-refractivity contribution in [3.8, 4) is 0 Å². The topological polar surface area (TPSA) is 55.1 Å². The molecule has 1 heterocycles. The molecule has 0 aliphatic rings. The SMILES string of the molecule is O=C(O)n1ccnc1. The van der Waals surface area contributed by atoms with Gasteiger partial charge in [0.25, 0.3) is 0 Å². The molecule has 0 saturated carbocycles. The minimum atomic E-state index is -1.01. The van der Waals surface area contributed by atoms with Crippen molar-refractivity contribution in [2.24, 2.45) is 0 Å². The summed E-state index contributed by atoms with van der Waals surface area (Å²) in [6.07, 6.45) is 2.99. The van der Waals surface area contributed by atoms with Gasteiger partial charge in [0.2, 0.25) is 0 Å². The lowest BCUT2D eigenvalue weighted by molar-refractivity contribution is 0.196. The molecule has 0 unspecified atom stereocenters. The fourth-order valence-electron chi connectivity index (χ4n) is 0.372. The Labute approximate surface area is 45.4 Å². The van der Waals surface area contributed by atoms with Crippen molar-refractivity contribution in [2.75, 3.05) is 0 Å². The zero-order valence-electron chi connectivity index (χ0n) is 3.98. The summed E-state index contributed by atoms with van der Waals surface area (Å²) >= 11 is 0. The van der Waals surface area contributed by atoms with Crippen LogP contribution in [0.3, 0.4) is 0 Å². The summed E-state index contributed by atoms with van der Waals surface area (Å²) in [5.74, 6) is 0. The van der Waals surface area contributed by atoms with Gasteiger partial charge < -0.3 is 5.11 Å². The highest BCUT2D eigenvalue weighted by atomic mass is 16.4. The smallest absolute Gasteiger partial charge is 0.416 e. The van der Waals surface area contributed by atoms with E-state index in [9.17, 15) is 4.79 Å². The minimum Gasteiger partial charge on any atom is -0.464 e. The van der Waals surface area contributed by atoms with Crippen LogP contribution in [-0.2, 0) is 0 Å². The molecule has 0 amide bonds. The van der Waals surface area contributed by atoms with E-state index in [1.54, 1.807) is 0 Å². The first-order chi connectivity index (χ1) is 3.80. The van der Waals surface area contributed by atoms with E-state index in [1.807, 2.05) is 0 Å². The molecule has 42 valence electrons. The lowest BCUT2D eigenvalue weighted by Gasteiger charge is -1.85. The second-order valence-corrected chi connectivity index (χ2v) is 1.25. The Morgan fingerprint density at radius 2 is 2.50 bits per heavy atom. The van der Waals surface area contributed by atoms with E-state index in [-0.39, 0.29) is 0 Å². The van der Waals surface area contributed by atoms with Gasteiger partial charge in [0.15, 0.2) is 0 Å². The van der Waals surface area contributed by atoms with Crippen molar-refractivity contribution in [1.82, 2.24) is 9.55 Å². The number of carboxylic acid groups (broad SMARTS) is 1. The van der Waals surface area contributed by atoms with Crippen molar-refractivity contribution in [3.05, 3.63) is 18.7 Å². The number of rotatable bonds is 0. The quantitative estimate of drug-likeness (QED) is 0.528. The van der Waals surface area contributed by atoms with Gasteiger partial charge in [0, 0.05) is 12.4 Å². The van der Waals surface area contributed by atoms with Gasteiger partial charge in [0.05, 0.1) is 0 Å². The zero-order valence-corrected chi connectivity index (χ0v) is 3.98. The number of hydrogen-bond donors (Lipinski definition) is 1. The summed E-state index contributed by atoms with van der Waals surface area (Å²) in [5, 5.41) is 8.20. The molecule has 0 aliphatic heterocycles. The zero-order chi connectivity index (χ0) is 5.98. The Kier molecular flexibility index (Phi) is 0.997. The maximum atomic E-state index is 9.98. The van der Waals surface area contributed by atoms with Gasteiger partial charge in [-0.3, -0.25) is 0 Å². The third-order valence-corrected chi connectivity index (χ3v) is 0.725. The Hall–Kier alpha value is -1.32. The van der Waals surface area contributed by atoms with Crippen LogP contribution in [0.15, 0.2) is 18.7 Å². The Bertz CT molecular complexity index is 180. The fourth-order valence-corrected chi connectivity index (χ4v) is 0.372. The maximum Gasteiger partial charge on any atom is 0.416 e. The van der Waals surface area contributed by atoms with E-state index in [1.165, 1.54) is 18.7 Å². The van der Waals surface area contributed by atoms with Crippen molar-refractivity contribution in [2.45, 2.75) is 0 Å². The average Bonchev–Trinajstić information content (AvgIpc) is 2.12. The molecule has 1 N–H and O–H groups in total. The molecule has 1 rings (SSSR count). The van der Waals surface area contributed by atoms with Gasteiger partial charge >= 0.3 is 6.09 Å². The molecule has 0 aliphatic carbocycles. The average molecular weight is 112 g/mol. The monoisotopic (exact) mass is 112 g/mol. The number of aromatic nitrogens is 2. The lowest BCUT2D eigenvalue weighted by Crippen LogP contribution is -2.03. The van der Waals surface area contributed by atoms with Crippen LogP contribution in [0.2, 0.25) is 0 Å². The van der Waals surface area contributed by atoms with Crippen molar-refractivity contribution in [3.63, 3.8) is 0 Å². The molecular formula is C4H4N2O2. The molecule has 0 aromatic carbocycles. The predicted octanol–water partition coefficient (Wildman–Crippen LogP) is 0.409. The Morgan fingerprint density at radius 3 is 2.75 bits per heavy atom. The summed E-state index contributed by atoms with van der Waals surface area (Å²) in [6.45, 7) is 0. The van der Waals surface area contributed by atoms with Crippen molar-refractivity contribution < 1.29 is 9.90 Å². The number of imidazole rings is 1. The number of hydrogen-bond acceptors (Lipinski definition) is 2. The second-order valence-electron chi connectivity index (χ2n) is 1.25. The molecule has 4 heteroatoms. The molecule has 1 aromatic heterocycles. The van der Waals surface area contributed by atoms with Crippen LogP contribution >= 0.6 is 0 Å². The van der Waals surface area contributed by atoms with Crippen LogP contribution in [0.25, 0.3) is 0 Å². The van der Waals surface area contributed by atoms with Crippen LogP contribution in [0.5, 0.6) is 0 Å². The lowest BCUT2D eigenvalue weighted by atomic mass is 10.9. The van der Waals surface area contributed by atoms with Crippen molar-refractivity contribution >= 4 is 6.09 Å². The molecular weight excluding hydrogens is 108 g/mol. The number of carbonyl (C=O) groups is 1. The molecule has 0 spiro atoms. The molecule has 8 heavy (non-hydrogen) atoms. The molecule has 0 radical (unpaired) electrons. The largest absolute Gasteiger partial charge is 0.464 e. The summed E-state index contributed by atoms with van der Waals surface area (Å²) < 4.78 is 0.972. The highest BCUT2D eigenvalue weighted by Crippen LogP contribution is 1.81. The predicted molar refractivity (Wildman–Crippen MR) is 25.6 cm³/mol. The van der Waals surface area contributed by atoms with Gasteiger partial charge in [-0.2, -0.15) is 0 Å². The van der Waals surface area contributed by atoms with Crippen LogP contribution in [0.4, 0.5) is 4.79 Å². The first-order valence-electron chi connectivity index (χ1n) is 2.02. The molecule has 0 fully saturated rings. The minimum absolute atomic E-state index is 0.972. The van der Waals surface area contributed by atoms with Gasteiger partial charge in [-0.15, -0.1) is 0 Å². The van der Waals surface area contributed by atoms with Gasteiger partial charge in [0.1, 0.15) is 6.33 Å². The van der Waals surface area contributed by atoms with Crippen LogP contribution in [-0.4, -0.2) is 20.8 Å². The highest BCUT2D eigenvalue weighted by molar-refractivity contribution is 5.67. The van der Waals surface area contributed by atoms with Crippen LogP contribution < -0.4 is 0 Å². The normalized spacial score (nSPS) is 9.00. The fraction of sp³-hybridized carbons (Fsp3) is 0. The van der Waals surface area contributed by atoms with Crippen LogP contribution in [0, 0.1) is 0 Å². The van der Waals surface area contributed by atoms with E-state index in [4.69, 9.17) is 5.11 Å². The van der Waals surface area contributed by atoms with Crippen molar-refractivity contribution in [1.29, 1.82) is 0 Å². The van der Waals surface area contributed by atoms with E-state index in [2.05, 4.69) is 4.98 Å². The molecule has 0 atom stereocenters. The maximum absolute atomic E-state index is 9.98. The highest BCUT2D eigenvalue weighted by Gasteiger charge is 1.94. The van der Waals surface area contributed by atoms with E-state index < -0.39 is 6.09 Å². The van der Waals surface area contributed by atoms with E-state index in [0.717, 1.165) is 4.57 Å². The van der Waals surface area contributed by atoms with Gasteiger partial charge in [-0.05, 0) is 0 Å². The third kappa shape index (κ3) is 0.676. The summed E-state index contributed by atoms with van der Waals surface area (Å²) in [4.78, 5) is 13.5. The van der Waals surface area contributed by atoms with Gasteiger partial charge in [-0.25, -0.2) is 14.3 Å². The summed E-state index contributed by atoms with van der Waals surface area (Å²) in [7, 11) is 0. The van der Waals surface area contributed by atoms with Gasteiger partial charge in [-0.1, -0.05) is 0 Å². The first kappa shape index (κ1) is 4.83. The molecule has 4 nitrogen and oxygen atoms in total. The van der Waals surface area contributed by atoms with E-state index >= 15 is 0 Å². The standard InChI is InChI=1S/C4H4N2O2/c7-4(8)6-2-1-5-3-6/h1-3H,(H,7,8). The second kappa shape index (κ2) is 1.65. The number of nitrogens with zero attached hydrogens (tertiary/aromatic N) is 2. The summed E-state index contributed by atoms with van der Waals surface area (Å²) in [6, 6.07) is 0. The summed E-state index contributed by atoms with van der Waals surface area (Å²) in [5.41, 5.74) is 0. The molecule has 1 aromatic rings. The van der Waals surface area contributed by atoms with E-state index in [0.29, 0.717) is 0 Å². The third-order valence-electron chi connectivity index (χ3n) is 0.725. The Balaban J connectivity index is 2.93.